The minimum atomic E-state index is -0.477. The van der Waals surface area contributed by atoms with Gasteiger partial charge in [0.1, 0.15) is 0 Å². The van der Waals surface area contributed by atoms with Crippen molar-refractivity contribution in [3.05, 3.63) is 0 Å². The van der Waals surface area contributed by atoms with Crippen LogP contribution < -0.4 is 5.73 Å². The van der Waals surface area contributed by atoms with Gasteiger partial charge in [-0.2, -0.15) is 0 Å². The number of hydrogen-bond acceptors (Lipinski definition) is 3. The van der Waals surface area contributed by atoms with Crippen LogP contribution in [0.1, 0.15) is 19.3 Å². The summed E-state index contributed by atoms with van der Waals surface area (Å²) in [7, 11) is 1.33. The predicted octanol–water partition coefficient (Wildman–Crippen LogP) is 0.292. The van der Waals surface area contributed by atoms with Gasteiger partial charge in [-0.05, 0) is 12.8 Å². The first-order chi connectivity index (χ1) is 5.72. The van der Waals surface area contributed by atoms with Crippen molar-refractivity contribution in [3.63, 3.8) is 0 Å². The number of nitrogens with two attached hydrogens (primary N) is 1. The summed E-state index contributed by atoms with van der Waals surface area (Å²) in [6, 6.07) is 0. The highest BCUT2D eigenvalue weighted by molar-refractivity contribution is 5.88. The van der Waals surface area contributed by atoms with Crippen LogP contribution in [0, 0.1) is 17.3 Å². The maximum atomic E-state index is 10.7. The summed E-state index contributed by atoms with van der Waals surface area (Å²) in [6.45, 7) is 0.539. The molecule has 0 aromatic carbocycles. The van der Waals surface area contributed by atoms with Gasteiger partial charge in [0.05, 0.1) is 7.11 Å². The molecule has 0 saturated heterocycles. The van der Waals surface area contributed by atoms with E-state index >= 15 is 0 Å². The fourth-order valence-electron chi connectivity index (χ4n) is 1.22. The number of carbonyl (C=O) groups excluding carboxylic acids is 1. The zero-order chi connectivity index (χ0) is 9.03. The molecule has 0 amide bonds. The van der Waals surface area contributed by atoms with Crippen LogP contribution in [0.5, 0.6) is 0 Å². The van der Waals surface area contributed by atoms with Crippen LogP contribution in [0.15, 0.2) is 0 Å². The minimum absolute atomic E-state index is 0.0891. The first-order valence-electron chi connectivity index (χ1n) is 4.04. The van der Waals surface area contributed by atoms with Crippen molar-refractivity contribution < 1.29 is 9.53 Å². The van der Waals surface area contributed by atoms with Crippen molar-refractivity contribution in [2.75, 3.05) is 13.7 Å². The molecule has 1 aliphatic carbocycles. The second-order valence-corrected chi connectivity index (χ2v) is 3.08. The van der Waals surface area contributed by atoms with Crippen molar-refractivity contribution in [2.24, 2.45) is 11.1 Å². The fraction of sp³-hybridized carbons (Fsp3) is 0.667. The lowest BCUT2D eigenvalue weighted by molar-refractivity contribution is -0.133. The first kappa shape index (κ1) is 9.08. The summed E-state index contributed by atoms with van der Waals surface area (Å²) in [5.74, 6) is 4.84. The average molecular weight is 167 g/mol. The molecule has 0 heterocycles. The Kier molecular flexibility index (Phi) is 2.72. The Balaban J connectivity index is 2.56. The molecule has 12 heavy (non-hydrogen) atoms. The second-order valence-electron chi connectivity index (χ2n) is 3.08. The Bertz CT molecular complexity index is 227. The number of esters is 1. The number of rotatable bonds is 1. The monoisotopic (exact) mass is 167 g/mol. The molecule has 1 fully saturated rings. The summed E-state index contributed by atoms with van der Waals surface area (Å²) in [6.07, 6.45) is 3.17. The molecule has 0 spiro atoms. The van der Waals surface area contributed by atoms with Crippen LogP contribution in [0.2, 0.25) is 0 Å². The van der Waals surface area contributed by atoms with E-state index in [1.165, 1.54) is 7.11 Å². The minimum Gasteiger partial charge on any atom is -0.459 e. The van der Waals surface area contributed by atoms with E-state index in [-0.39, 0.29) is 5.41 Å². The molecule has 0 aromatic rings. The number of methoxy groups -OCH3 is 1. The molecule has 3 heteroatoms. The lowest BCUT2D eigenvalue weighted by atomic mass is 9.69. The van der Waals surface area contributed by atoms with Gasteiger partial charge in [-0.3, -0.25) is 0 Å². The predicted molar refractivity (Wildman–Crippen MR) is 45.1 cm³/mol. The van der Waals surface area contributed by atoms with Gasteiger partial charge in [-0.15, -0.1) is 0 Å². The Morgan fingerprint density at radius 1 is 1.67 bits per heavy atom. The summed E-state index contributed by atoms with van der Waals surface area (Å²) in [4.78, 5) is 10.7. The normalized spacial score (nSPS) is 18.5. The zero-order valence-corrected chi connectivity index (χ0v) is 7.22. The third-order valence-corrected chi connectivity index (χ3v) is 2.32. The highest BCUT2D eigenvalue weighted by Gasteiger charge is 2.33. The summed E-state index contributed by atoms with van der Waals surface area (Å²) < 4.78 is 4.41. The van der Waals surface area contributed by atoms with E-state index < -0.39 is 5.97 Å². The molecule has 0 aromatic heterocycles. The molecule has 0 atom stereocenters. The van der Waals surface area contributed by atoms with E-state index in [1.54, 1.807) is 0 Å². The van der Waals surface area contributed by atoms with Crippen molar-refractivity contribution in [2.45, 2.75) is 19.3 Å². The molecule has 66 valence electrons. The molecular weight excluding hydrogens is 154 g/mol. The van der Waals surface area contributed by atoms with Crippen LogP contribution in [0.25, 0.3) is 0 Å². The molecule has 1 saturated carbocycles. The van der Waals surface area contributed by atoms with E-state index in [0.717, 1.165) is 19.3 Å². The Morgan fingerprint density at radius 3 is 2.67 bits per heavy atom. The standard InChI is InChI=1S/C9H13NO2/c1-12-8(11)3-6-9(7-10)4-2-5-9/h2,4-5,7,10H2,1H3. The SMILES string of the molecule is COC(=O)C#CC1(CN)CCC1. The molecule has 0 aliphatic heterocycles. The quantitative estimate of drug-likeness (QED) is 0.347. The highest BCUT2D eigenvalue weighted by Crippen LogP contribution is 2.38. The van der Waals surface area contributed by atoms with Crippen molar-refractivity contribution in [1.82, 2.24) is 0 Å². The molecule has 2 N–H and O–H groups in total. The van der Waals surface area contributed by atoms with Crippen LogP contribution in [-0.2, 0) is 9.53 Å². The molecule has 0 bridgehead atoms. The smallest absolute Gasteiger partial charge is 0.384 e. The highest BCUT2D eigenvalue weighted by atomic mass is 16.5. The number of hydrogen-bond donors (Lipinski definition) is 1. The molecule has 0 unspecified atom stereocenters. The van der Waals surface area contributed by atoms with Gasteiger partial charge in [0, 0.05) is 17.9 Å². The van der Waals surface area contributed by atoms with E-state index in [1.807, 2.05) is 0 Å². The molecular formula is C9H13NO2. The van der Waals surface area contributed by atoms with Gasteiger partial charge >= 0.3 is 5.97 Å². The number of ether oxygens (including phenoxy) is 1. The summed E-state index contributed by atoms with van der Waals surface area (Å²) in [5, 5.41) is 0. The Labute approximate surface area is 72.3 Å². The zero-order valence-electron chi connectivity index (χ0n) is 7.22. The second kappa shape index (κ2) is 3.59. The van der Waals surface area contributed by atoms with Crippen LogP contribution in [0.4, 0.5) is 0 Å². The Hall–Kier alpha value is -1.01. The van der Waals surface area contributed by atoms with Crippen LogP contribution in [0.3, 0.4) is 0 Å². The van der Waals surface area contributed by atoms with Crippen LogP contribution in [-0.4, -0.2) is 19.6 Å². The van der Waals surface area contributed by atoms with Gasteiger partial charge < -0.3 is 10.5 Å². The molecule has 1 aliphatic rings. The van der Waals surface area contributed by atoms with Crippen LogP contribution >= 0.6 is 0 Å². The van der Waals surface area contributed by atoms with E-state index in [0.29, 0.717) is 6.54 Å². The lowest BCUT2D eigenvalue weighted by Gasteiger charge is -2.35. The summed E-state index contributed by atoms with van der Waals surface area (Å²) in [5.41, 5.74) is 5.45. The summed E-state index contributed by atoms with van der Waals surface area (Å²) >= 11 is 0. The van der Waals surface area contributed by atoms with Gasteiger partial charge in [0.15, 0.2) is 0 Å². The lowest BCUT2D eigenvalue weighted by Crippen LogP contribution is -2.35. The Morgan fingerprint density at radius 2 is 2.33 bits per heavy atom. The maximum Gasteiger partial charge on any atom is 0.384 e. The van der Waals surface area contributed by atoms with E-state index in [4.69, 9.17) is 5.73 Å². The number of carbonyl (C=O) groups is 1. The van der Waals surface area contributed by atoms with Gasteiger partial charge in [0.25, 0.3) is 0 Å². The van der Waals surface area contributed by atoms with Gasteiger partial charge in [0.2, 0.25) is 0 Å². The topological polar surface area (TPSA) is 52.3 Å². The molecule has 1 rings (SSSR count). The molecule has 3 nitrogen and oxygen atoms in total. The fourth-order valence-corrected chi connectivity index (χ4v) is 1.22. The van der Waals surface area contributed by atoms with E-state index in [2.05, 4.69) is 16.6 Å². The largest absolute Gasteiger partial charge is 0.459 e. The van der Waals surface area contributed by atoms with Crippen molar-refractivity contribution >= 4 is 5.97 Å². The third kappa shape index (κ3) is 1.77. The van der Waals surface area contributed by atoms with Crippen molar-refractivity contribution in [1.29, 1.82) is 0 Å². The molecule has 0 radical (unpaired) electrons. The third-order valence-electron chi connectivity index (χ3n) is 2.32. The van der Waals surface area contributed by atoms with Gasteiger partial charge in [-0.1, -0.05) is 12.3 Å². The average Bonchev–Trinajstić information content (AvgIpc) is 2.03. The van der Waals surface area contributed by atoms with E-state index in [9.17, 15) is 4.79 Å². The maximum absolute atomic E-state index is 10.7. The van der Waals surface area contributed by atoms with Crippen molar-refractivity contribution in [3.8, 4) is 11.8 Å². The first-order valence-corrected chi connectivity index (χ1v) is 4.04. The van der Waals surface area contributed by atoms with Gasteiger partial charge in [-0.25, -0.2) is 4.79 Å².